The van der Waals surface area contributed by atoms with Crippen LogP contribution in [0.25, 0.3) is 10.8 Å². The third-order valence-corrected chi connectivity index (χ3v) is 5.36. The van der Waals surface area contributed by atoms with Crippen LogP contribution in [0.3, 0.4) is 0 Å². The number of rotatable bonds is 9. The number of nitrogens with zero attached hydrogens (tertiary/aromatic N) is 1. The number of carbonyl (C=O) groups is 1. The maximum absolute atomic E-state index is 12.0. The van der Waals surface area contributed by atoms with E-state index in [2.05, 4.69) is 40.1 Å². The molecular weight excluding hydrogens is 426 g/mol. The molecule has 0 radical (unpaired) electrons. The molecule has 0 bridgehead atoms. The number of nitrogens with one attached hydrogen (secondary N) is 2. The molecule has 34 heavy (non-hydrogen) atoms. The number of carbonyl (C=O) groups excluding carboxylic acids is 1. The van der Waals surface area contributed by atoms with Crippen LogP contribution in [0.2, 0.25) is 0 Å². The number of methoxy groups -OCH3 is 1. The molecule has 2 N–H and O–H groups in total. The molecular formula is C28H27N3O3. The van der Waals surface area contributed by atoms with Gasteiger partial charge in [-0.3, -0.25) is 4.79 Å². The Balaban J connectivity index is 1.33. The molecule has 0 saturated carbocycles. The zero-order chi connectivity index (χ0) is 23.8. The molecule has 0 fully saturated rings. The lowest BCUT2D eigenvalue weighted by atomic mass is 10.1. The Labute approximate surface area is 199 Å². The Bertz CT molecular complexity index is 1290. The van der Waals surface area contributed by atoms with Gasteiger partial charge in [-0.2, -0.15) is 5.10 Å². The van der Waals surface area contributed by atoms with Gasteiger partial charge in [0.25, 0.3) is 5.91 Å². The average molecular weight is 454 g/mol. The largest absolute Gasteiger partial charge is 0.493 e. The van der Waals surface area contributed by atoms with Gasteiger partial charge in [-0.15, -0.1) is 0 Å². The van der Waals surface area contributed by atoms with E-state index < -0.39 is 0 Å². The van der Waals surface area contributed by atoms with Crippen molar-refractivity contribution in [1.29, 1.82) is 0 Å². The average Bonchev–Trinajstić information content (AvgIpc) is 2.87. The van der Waals surface area contributed by atoms with Crippen molar-refractivity contribution < 1.29 is 14.3 Å². The van der Waals surface area contributed by atoms with Crippen LogP contribution in [0, 0.1) is 6.92 Å². The summed E-state index contributed by atoms with van der Waals surface area (Å²) in [5, 5.41) is 9.45. The van der Waals surface area contributed by atoms with Gasteiger partial charge in [0.05, 0.1) is 19.9 Å². The second-order valence-corrected chi connectivity index (χ2v) is 7.85. The van der Waals surface area contributed by atoms with Gasteiger partial charge in [0, 0.05) is 5.69 Å². The fraction of sp³-hybridized carbons (Fsp3) is 0.143. The van der Waals surface area contributed by atoms with E-state index >= 15 is 0 Å². The molecule has 0 atom stereocenters. The number of ether oxygens (including phenoxy) is 2. The summed E-state index contributed by atoms with van der Waals surface area (Å²) in [6, 6.07) is 27.8. The summed E-state index contributed by atoms with van der Waals surface area (Å²) in [5.74, 6) is 0.995. The predicted molar refractivity (Wildman–Crippen MR) is 137 cm³/mol. The second-order valence-electron chi connectivity index (χ2n) is 7.85. The van der Waals surface area contributed by atoms with E-state index in [4.69, 9.17) is 9.47 Å². The maximum Gasteiger partial charge on any atom is 0.259 e. The van der Waals surface area contributed by atoms with Crippen LogP contribution in [0.1, 0.15) is 16.7 Å². The normalized spacial score (nSPS) is 10.9. The lowest BCUT2D eigenvalue weighted by Gasteiger charge is -2.12. The highest BCUT2D eigenvalue weighted by molar-refractivity contribution is 5.86. The summed E-state index contributed by atoms with van der Waals surface area (Å²) < 4.78 is 11.6. The summed E-state index contributed by atoms with van der Waals surface area (Å²) in [6.07, 6.45) is 1.57. The van der Waals surface area contributed by atoms with Gasteiger partial charge in [0.1, 0.15) is 6.61 Å². The molecule has 0 aromatic heterocycles. The zero-order valence-corrected chi connectivity index (χ0v) is 19.2. The third kappa shape index (κ3) is 5.92. The van der Waals surface area contributed by atoms with Crippen molar-refractivity contribution in [3.8, 4) is 11.5 Å². The van der Waals surface area contributed by atoms with Gasteiger partial charge >= 0.3 is 0 Å². The van der Waals surface area contributed by atoms with Crippen LogP contribution in [0.4, 0.5) is 5.69 Å². The molecule has 4 aromatic rings. The quantitative estimate of drug-likeness (QED) is 0.267. The van der Waals surface area contributed by atoms with Crippen molar-refractivity contribution >= 4 is 28.6 Å². The fourth-order valence-electron chi connectivity index (χ4n) is 3.53. The first kappa shape index (κ1) is 22.9. The van der Waals surface area contributed by atoms with E-state index in [1.807, 2.05) is 67.6 Å². The molecule has 0 saturated heterocycles. The highest BCUT2D eigenvalue weighted by Crippen LogP contribution is 2.29. The molecule has 0 aliphatic carbocycles. The lowest BCUT2D eigenvalue weighted by Crippen LogP contribution is -2.25. The van der Waals surface area contributed by atoms with Gasteiger partial charge in [-0.05, 0) is 59.2 Å². The molecule has 0 aliphatic heterocycles. The Morgan fingerprint density at radius 1 is 0.941 bits per heavy atom. The summed E-state index contributed by atoms with van der Waals surface area (Å²) in [7, 11) is 1.60. The van der Waals surface area contributed by atoms with Gasteiger partial charge in [-0.1, -0.05) is 60.2 Å². The highest BCUT2D eigenvalue weighted by Gasteiger charge is 2.08. The van der Waals surface area contributed by atoms with E-state index in [0.717, 1.165) is 16.8 Å². The maximum atomic E-state index is 12.0. The first-order chi connectivity index (χ1) is 16.6. The molecule has 4 rings (SSSR count). The van der Waals surface area contributed by atoms with Crippen molar-refractivity contribution in [3.63, 3.8) is 0 Å². The van der Waals surface area contributed by atoms with Gasteiger partial charge in [0.2, 0.25) is 0 Å². The standard InChI is InChI=1S/C28H27N3O3/c1-20-10-13-24(14-11-20)29-18-28(32)31-30-17-21-12-15-26(27(16-21)33-2)34-19-23-8-5-7-22-6-3-4-9-25(22)23/h3-17,29H,18-19H2,1-2H3,(H,31,32)/b30-17-. The number of aryl methyl sites for hydroxylation is 1. The predicted octanol–water partition coefficient (Wildman–Crippen LogP) is 5.30. The molecule has 0 unspecified atom stereocenters. The third-order valence-electron chi connectivity index (χ3n) is 5.36. The van der Waals surface area contributed by atoms with E-state index in [1.165, 1.54) is 16.3 Å². The Morgan fingerprint density at radius 3 is 2.56 bits per heavy atom. The highest BCUT2D eigenvalue weighted by atomic mass is 16.5. The zero-order valence-electron chi connectivity index (χ0n) is 19.2. The number of amides is 1. The summed E-state index contributed by atoms with van der Waals surface area (Å²) >= 11 is 0. The molecule has 0 aliphatic rings. The molecule has 1 amide bonds. The summed E-state index contributed by atoms with van der Waals surface area (Å²) in [4.78, 5) is 12.0. The van der Waals surface area contributed by atoms with Crippen molar-refractivity contribution in [1.82, 2.24) is 5.43 Å². The van der Waals surface area contributed by atoms with E-state index in [0.29, 0.717) is 18.1 Å². The van der Waals surface area contributed by atoms with Crippen molar-refractivity contribution in [2.45, 2.75) is 13.5 Å². The van der Waals surface area contributed by atoms with Crippen LogP contribution >= 0.6 is 0 Å². The molecule has 172 valence electrons. The van der Waals surface area contributed by atoms with Crippen molar-refractivity contribution in [2.24, 2.45) is 5.10 Å². The number of benzene rings is 4. The SMILES string of the molecule is COc1cc(/C=N\NC(=O)CNc2ccc(C)cc2)ccc1OCc1cccc2ccccc12. The summed E-state index contributed by atoms with van der Waals surface area (Å²) in [5.41, 5.74) is 6.46. The lowest BCUT2D eigenvalue weighted by molar-refractivity contribution is -0.119. The van der Waals surface area contributed by atoms with Gasteiger partial charge in [-0.25, -0.2) is 5.43 Å². The molecule has 6 nitrogen and oxygen atoms in total. The van der Waals surface area contributed by atoms with Crippen LogP contribution in [-0.4, -0.2) is 25.8 Å². The first-order valence-corrected chi connectivity index (χ1v) is 11.0. The molecule has 0 spiro atoms. The van der Waals surface area contributed by atoms with E-state index in [1.54, 1.807) is 13.3 Å². The van der Waals surface area contributed by atoms with E-state index in [-0.39, 0.29) is 12.5 Å². The minimum atomic E-state index is -0.237. The molecule has 4 aromatic carbocycles. The summed E-state index contributed by atoms with van der Waals surface area (Å²) in [6.45, 7) is 2.57. The van der Waals surface area contributed by atoms with Crippen LogP contribution in [0.15, 0.2) is 90.0 Å². The molecule has 0 heterocycles. The Morgan fingerprint density at radius 2 is 1.74 bits per heavy atom. The number of anilines is 1. The van der Waals surface area contributed by atoms with E-state index in [9.17, 15) is 4.79 Å². The Kier molecular flexibility index (Phi) is 7.40. The topological polar surface area (TPSA) is 72.0 Å². The number of fused-ring (bicyclic) bond motifs is 1. The number of hydrogen-bond acceptors (Lipinski definition) is 5. The van der Waals surface area contributed by atoms with Crippen molar-refractivity contribution in [3.05, 3.63) is 102 Å². The van der Waals surface area contributed by atoms with Crippen LogP contribution in [0.5, 0.6) is 11.5 Å². The number of hydrazone groups is 1. The second kappa shape index (κ2) is 11.0. The number of hydrogen-bond donors (Lipinski definition) is 2. The van der Waals surface area contributed by atoms with Crippen LogP contribution in [-0.2, 0) is 11.4 Å². The van der Waals surface area contributed by atoms with Crippen molar-refractivity contribution in [2.75, 3.05) is 19.0 Å². The fourth-order valence-corrected chi connectivity index (χ4v) is 3.53. The first-order valence-electron chi connectivity index (χ1n) is 11.0. The van der Waals surface area contributed by atoms with Crippen LogP contribution < -0.4 is 20.2 Å². The minimum absolute atomic E-state index is 0.130. The van der Waals surface area contributed by atoms with Gasteiger partial charge < -0.3 is 14.8 Å². The monoisotopic (exact) mass is 453 g/mol. The Hall–Kier alpha value is -4.32. The minimum Gasteiger partial charge on any atom is -0.493 e. The smallest absolute Gasteiger partial charge is 0.259 e. The van der Waals surface area contributed by atoms with Gasteiger partial charge in [0.15, 0.2) is 11.5 Å². The molecule has 6 heteroatoms.